The second-order valence-electron chi connectivity index (χ2n) is 4.89. The van der Waals surface area contributed by atoms with Crippen molar-refractivity contribution in [3.8, 4) is 5.88 Å². The Hall–Kier alpha value is -1.56. The van der Waals surface area contributed by atoms with E-state index in [4.69, 9.17) is 4.74 Å². The smallest absolute Gasteiger partial charge is 0.331 e. The minimum Gasteiger partial charge on any atom is -0.494 e. The number of aromatic amines is 1. The molecule has 1 aromatic heterocycles. The van der Waals surface area contributed by atoms with Crippen molar-refractivity contribution in [3.05, 3.63) is 26.4 Å². The quantitative estimate of drug-likeness (QED) is 0.838. The third-order valence-corrected chi connectivity index (χ3v) is 3.78. The van der Waals surface area contributed by atoms with Crippen molar-refractivity contribution < 1.29 is 9.84 Å². The number of nitrogens with one attached hydrogen (secondary N) is 1. The molecular formula is C13H20N2O4. The van der Waals surface area contributed by atoms with Gasteiger partial charge in [-0.1, -0.05) is 13.8 Å². The van der Waals surface area contributed by atoms with Crippen LogP contribution in [0.15, 0.2) is 9.59 Å². The average molecular weight is 268 g/mol. The molecule has 19 heavy (non-hydrogen) atoms. The minimum atomic E-state index is -0.554. The summed E-state index contributed by atoms with van der Waals surface area (Å²) >= 11 is 0. The van der Waals surface area contributed by atoms with Gasteiger partial charge in [0.2, 0.25) is 5.88 Å². The van der Waals surface area contributed by atoms with Gasteiger partial charge in [-0.15, -0.1) is 0 Å². The van der Waals surface area contributed by atoms with Crippen LogP contribution in [0.3, 0.4) is 0 Å². The summed E-state index contributed by atoms with van der Waals surface area (Å²) in [6.07, 6.45) is 2.25. The summed E-state index contributed by atoms with van der Waals surface area (Å²) < 4.78 is 6.83. The molecule has 1 saturated heterocycles. The molecular weight excluding hydrogens is 248 g/mol. The van der Waals surface area contributed by atoms with Crippen molar-refractivity contribution in [2.24, 2.45) is 5.92 Å². The SMILES string of the molecule is CCc1c(O)n(CC2CCOC2CC)c(=O)[nH]c1=O. The van der Waals surface area contributed by atoms with Gasteiger partial charge in [0.05, 0.1) is 11.7 Å². The van der Waals surface area contributed by atoms with Crippen LogP contribution in [0.2, 0.25) is 0 Å². The van der Waals surface area contributed by atoms with E-state index in [-0.39, 0.29) is 23.5 Å². The molecule has 6 heteroatoms. The molecule has 0 aromatic carbocycles. The lowest BCUT2D eigenvalue weighted by Gasteiger charge is -2.19. The van der Waals surface area contributed by atoms with E-state index in [0.717, 1.165) is 12.8 Å². The van der Waals surface area contributed by atoms with Gasteiger partial charge in [-0.25, -0.2) is 4.79 Å². The number of aromatic hydroxyl groups is 1. The molecule has 1 fully saturated rings. The van der Waals surface area contributed by atoms with Crippen molar-refractivity contribution >= 4 is 0 Å². The van der Waals surface area contributed by atoms with Crippen molar-refractivity contribution in [1.82, 2.24) is 9.55 Å². The standard InChI is InChI=1S/C13H20N2O4/c1-3-9-11(16)14-13(18)15(12(9)17)7-8-5-6-19-10(8)4-2/h8,10,17H,3-7H2,1-2H3,(H,14,16,18). The molecule has 0 amide bonds. The summed E-state index contributed by atoms with van der Waals surface area (Å²) in [6.45, 7) is 4.87. The van der Waals surface area contributed by atoms with E-state index in [9.17, 15) is 14.7 Å². The highest BCUT2D eigenvalue weighted by Crippen LogP contribution is 2.26. The lowest BCUT2D eigenvalue weighted by atomic mass is 9.99. The number of aromatic nitrogens is 2. The van der Waals surface area contributed by atoms with Crippen LogP contribution in [0.1, 0.15) is 32.3 Å². The molecule has 2 rings (SSSR count). The summed E-state index contributed by atoms with van der Waals surface area (Å²) in [7, 11) is 0. The number of H-pyrrole nitrogens is 1. The Labute approximate surface area is 111 Å². The van der Waals surface area contributed by atoms with Gasteiger partial charge in [-0.3, -0.25) is 14.3 Å². The molecule has 6 nitrogen and oxygen atoms in total. The van der Waals surface area contributed by atoms with E-state index in [0.29, 0.717) is 19.6 Å². The van der Waals surface area contributed by atoms with Gasteiger partial charge in [-0.2, -0.15) is 0 Å². The zero-order valence-corrected chi connectivity index (χ0v) is 11.3. The predicted molar refractivity (Wildman–Crippen MR) is 70.5 cm³/mol. The maximum atomic E-state index is 11.8. The lowest BCUT2D eigenvalue weighted by Crippen LogP contribution is -2.35. The summed E-state index contributed by atoms with van der Waals surface area (Å²) in [5.41, 5.74) is -0.802. The number of hydrogen-bond acceptors (Lipinski definition) is 4. The van der Waals surface area contributed by atoms with Crippen molar-refractivity contribution in [3.63, 3.8) is 0 Å². The lowest BCUT2D eigenvalue weighted by molar-refractivity contribution is 0.0824. The van der Waals surface area contributed by atoms with Crippen LogP contribution in [0.5, 0.6) is 5.88 Å². The van der Waals surface area contributed by atoms with E-state index in [1.165, 1.54) is 4.57 Å². The molecule has 1 aliphatic rings. The molecule has 2 atom stereocenters. The second kappa shape index (κ2) is 5.61. The molecule has 2 heterocycles. The number of ether oxygens (including phenoxy) is 1. The van der Waals surface area contributed by atoms with E-state index in [2.05, 4.69) is 4.98 Å². The van der Waals surface area contributed by atoms with Gasteiger partial charge < -0.3 is 9.84 Å². The molecule has 0 bridgehead atoms. The number of nitrogens with zero attached hydrogens (tertiary/aromatic N) is 1. The fraction of sp³-hybridized carbons (Fsp3) is 0.692. The average Bonchev–Trinajstić information content (AvgIpc) is 2.82. The Balaban J connectivity index is 2.35. The molecule has 2 unspecified atom stereocenters. The summed E-state index contributed by atoms with van der Waals surface area (Å²) in [4.78, 5) is 25.6. The third-order valence-electron chi connectivity index (χ3n) is 3.78. The fourth-order valence-corrected chi connectivity index (χ4v) is 2.68. The Morgan fingerprint density at radius 3 is 2.79 bits per heavy atom. The molecule has 0 saturated carbocycles. The van der Waals surface area contributed by atoms with Crippen LogP contribution in [0.4, 0.5) is 0 Å². The van der Waals surface area contributed by atoms with Gasteiger partial charge in [0.1, 0.15) is 0 Å². The second-order valence-corrected chi connectivity index (χ2v) is 4.89. The summed E-state index contributed by atoms with van der Waals surface area (Å²) in [5.74, 6) is -0.0118. The van der Waals surface area contributed by atoms with Crippen molar-refractivity contribution in [1.29, 1.82) is 0 Å². The monoisotopic (exact) mass is 268 g/mol. The van der Waals surface area contributed by atoms with Crippen LogP contribution in [0, 0.1) is 5.92 Å². The van der Waals surface area contributed by atoms with Gasteiger partial charge in [0.25, 0.3) is 5.56 Å². The van der Waals surface area contributed by atoms with Crippen LogP contribution >= 0.6 is 0 Å². The van der Waals surface area contributed by atoms with E-state index in [1.54, 1.807) is 6.92 Å². The highest BCUT2D eigenvalue weighted by Gasteiger charge is 2.28. The highest BCUT2D eigenvalue weighted by atomic mass is 16.5. The van der Waals surface area contributed by atoms with E-state index >= 15 is 0 Å². The Kier molecular flexibility index (Phi) is 4.09. The zero-order valence-electron chi connectivity index (χ0n) is 11.3. The van der Waals surface area contributed by atoms with Gasteiger partial charge in [-0.05, 0) is 19.3 Å². The number of rotatable bonds is 4. The molecule has 2 N–H and O–H groups in total. The summed E-state index contributed by atoms with van der Waals surface area (Å²) in [6, 6.07) is 0. The van der Waals surface area contributed by atoms with Crippen LogP contribution < -0.4 is 11.2 Å². The zero-order chi connectivity index (χ0) is 14.0. The maximum Gasteiger partial charge on any atom is 0.331 e. The van der Waals surface area contributed by atoms with E-state index < -0.39 is 11.2 Å². The van der Waals surface area contributed by atoms with E-state index in [1.807, 2.05) is 6.92 Å². The first kappa shape index (κ1) is 13.9. The molecule has 0 spiro atoms. The first-order valence-corrected chi connectivity index (χ1v) is 6.75. The number of hydrogen-bond donors (Lipinski definition) is 2. The normalized spacial score (nSPS) is 22.8. The third kappa shape index (κ3) is 2.58. The van der Waals surface area contributed by atoms with Crippen molar-refractivity contribution in [2.45, 2.75) is 45.8 Å². The predicted octanol–water partition coefficient (Wildman–Crippen LogP) is 0.620. The van der Waals surface area contributed by atoms with Crippen LogP contribution in [-0.4, -0.2) is 27.4 Å². The minimum absolute atomic E-state index is 0.114. The van der Waals surface area contributed by atoms with Gasteiger partial charge >= 0.3 is 5.69 Å². The Bertz CT molecular complexity index is 561. The van der Waals surface area contributed by atoms with Gasteiger partial charge in [0, 0.05) is 19.1 Å². The molecule has 106 valence electrons. The largest absolute Gasteiger partial charge is 0.494 e. The first-order chi connectivity index (χ1) is 9.08. The molecule has 1 aliphatic heterocycles. The van der Waals surface area contributed by atoms with Crippen LogP contribution in [-0.2, 0) is 17.7 Å². The van der Waals surface area contributed by atoms with Crippen LogP contribution in [0.25, 0.3) is 0 Å². The topological polar surface area (TPSA) is 84.3 Å². The fourth-order valence-electron chi connectivity index (χ4n) is 2.68. The van der Waals surface area contributed by atoms with Crippen molar-refractivity contribution in [2.75, 3.05) is 6.61 Å². The highest BCUT2D eigenvalue weighted by molar-refractivity contribution is 5.22. The molecule has 0 radical (unpaired) electrons. The molecule has 1 aromatic rings. The Morgan fingerprint density at radius 2 is 2.16 bits per heavy atom. The first-order valence-electron chi connectivity index (χ1n) is 6.75. The summed E-state index contributed by atoms with van der Waals surface area (Å²) in [5, 5.41) is 10.1. The Morgan fingerprint density at radius 1 is 1.42 bits per heavy atom. The molecule has 0 aliphatic carbocycles. The maximum absolute atomic E-state index is 11.8. The van der Waals surface area contributed by atoms with Gasteiger partial charge in [0.15, 0.2) is 0 Å².